The van der Waals surface area contributed by atoms with Gasteiger partial charge in [0.05, 0.1) is 11.3 Å². The van der Waals surface area contributed by atoms with Gasteiger partial charge < -0.3 is 9.84 Å². The van der Waals surface area contributed by atoms with E-state index in [1.165, 1.54) is 26.1 Å². The van der Waals surface area contributed by atoms with Crippen LogP contribution in [-0.4, -0.2) is 36.1 Å². The molecule has 0 bridgehead atoms. The molecule has 0 aliphatic rings. The van der Waals surface area contributed by atoms with E-state index in [2.05, 4.69) is 9.98 Å². The summed E-state index contributed by atoms with van der Waals surface area (Å²) in [6.45, 7) is 6.25. The van der Waals surface area contributed by atoms with Gasteiger partial charge in [-0.1, -0.05) is 60.7 Å². The first-order chi connectivity index (χ1) is 18.1. The summed E-state index contributed by atoms with van der Waals surface area (Å²) in [6, 6.07) is 22.7. The van der Waals surface area contributed by atoms with Gasteiger partial charge in [-0.05, 0) is 61.7 Å². The van der Waals surface area contributed by atoms with Gasteiger partial charge in [0, 0.05) is 19.2 Å². The van der Waals surface area contributed by atoms with Crippen molar-refractivity contribution in [2.45, 2.75) is 33.6 Å². The molecule has 0 aromatic heterocycles. The van der Waals surface area contributed by atoms with Crippen LogP contribution >= 0.6 is 0 Å². The van der Waals surface area contributed by atoms with Crippen molar-refractivity contribution >= 4 is 23.0 Å². The first-order valence-electron chi connectivity index (χ1n) is 11.9. The summed E-state index contributed by atoms with van der Waals surface area (Å²) in [4.78, 5) is 17.7. The predicted octanol–water partition coefficient (Wildman–Crippen LogP) is 7.36. The fourth-order valence-corrected chi connectivity index (χ4v) is 3.25. The van der Waals surface area contributed by atoms with Crippen molar-refractivity contribution in [2.75, 3.05) is 13.6 Å². The Morgan fingerprint density at radius 1 is 0.947 bits per heavy atom. The molecule has 5 nitrogen and oxygen atoms in total. The molecule has 3 aromatic rings. The van der Waals surface area contributed by atoms with E-state index in [0.29, 0.717) is 24.4 Å². The lowest BCUT2D eigenvalue weighted by Gasteiger charge is -2.13. The normalized spacial score (nSPS) is 12.4. The lowest BCUT2D eigenvalue weighted by molar-refractivity contribution is -0.137. The molecule has 3 rings (SSSR count). The number of hydrogen-bond donors (Lipinski definition) is 1. The Morgan fingerprint density at radius 3 is 2.08 bits per heavy atom. The van der Waals surface area contributed by atoms with E-state index >= 15 is 0 Å². The van der Waals surface area contributed by atoms with Crippen molar-refractivity contribution < 1.29 is 27.8 Å². The lowest BCUT2D eigenvalue weighted by Crippen LogP contribution is -2.06. The van der Waals surface area contributed by atoms with Gasteiger partial charge in [0.2, 0.25) is 0 Å². The molecule has 0 aliphatic carbocycles. The van der Waals surface area contributed by atoms with Crippen molar-refractivity contribution in [3.05, 3.63) is 107 Å². The number of aliphatic carboxylic acids is 1. The standard InChI is InChI=1S/C26H24F3NO.C4H7NO2/c1-3-30-24(21-13-15-22(16-14-21)26(27,28)29)17-19(2)23-11-7-8-12-25(23)31-18-20-9-5-4-6-10-20;1-3(5-2)4(6)7/h4-17H,3,18H2,1-2H3;1-2H3,(H,6,7)/b19-17+,30-24?;. The number of aliphatic imine (C=N–C) groups is 2. The molecule has 0 atom stereocenters. The minimum atomic E-state index is -4.36. The van der Waals surface area contributed by atoms with E-state index in [9.17, 15) is 18.0 Å². The van der Waals surface area contributed by atoms with Crippen LogP contribution in [0.5, 0.6) is 5.75 Å². The molecule has 200 valence electrons. The van der Waals surface area contributed by atoms with Crippen LogP contribution in [-0.2, 0) is 17.6 Å². The minimum Gasteiger partial charge on any atom is -0.488 e. The summed E-state index contributed by atoms with van der Waals surface area (Å²) in [5, 5.41) is 8.05. The SMILES string of the molecule is CCN=C(/C=C(\C)c1ccccc1OCc1ccccc1)c1ccc(C(F)(F)F)cc1.CN=C(C)C(=O)O. The molecule has 3 aromatic carbocycles. The maximum Gasteiger partial charge on any atom is 0.416 e. The fourth-order valence-electron chi connectivity index (χ4n) is 3.25. The predicted molar refractivity (Wildman–Crippen MR) is 146 cm³/mol. The van der Waals surface area contributed by atoms with Crippen LogP contribution in [0.3, 0.4) is 0 Å². The van der Waals surface area contributed by atoms with Crippen LogP contribution in [0.25, 0.3) is 5.57 Å². The highest BCUT2D eigenvalue weighted by Crippen LogP contribution is 2.30. The van der Waals surface area contributed by atoms with Gasteiger partial charge in [-0.25, -0.2) is 4.79 Å². The van der Waals surface area contributed by atoms with Crippen LogP contribution in [0.1, 0.15) is 43.0 Å². The molecule has 0 radical (unpaired) electrons. The lowest BCUT2D eigenvalue weighted by atomic mass is 10.0. The first-order valence-corrected chi connectivity index (χ1v) is 11.9. The zero-order chi connectivity index (χ0) is 28.1. The smallest absolute Gasteiger partial charge is 0.416 e. The molecule has 8 heteroatoms. The van der Waals surface area contributed by atoms with Gasteiger partial charge >= 0.3 is 12.1 Å². The minimum absolute atomic E-state index is 0.139. The number of carbonyl (C=O) groups is 1. The van der Waals surface area contributed by atoms with Crippen molar-refractivity contribution in [1.29, 1.82) is 0 Å². The van der Waals surface area contributed by atoms with Crippen LogP contribution in [0.2, 0.25) is 0 Å². The highest BCUT2D eigenvalue weighted by atomic mass is 19.4. The Hall–Kier alpha value is -4.20. The third-order valence-corrected chi connectivity index (χ3v) is 5.38. The molecular formula is C30H31F3N2O3. The van der Waals surface area contributed by atoms with Gasteiger partial charge in [0.25, 0.3) is 0 Å². The first kappa shape index (κ1) is 30.0. The summed E-state index contributed by atoms with van der Waals surface area (Å²) >= 11 is 0. The molecule has 0 heterocycles. The van der Waals surface area contributed by atoms with Gasteiger partial charge in [0.15, 0.2) is 0 Å². The van der Waals surface area contributed by atoms with Crippen LogP contribution in [0.4, 0.5) is 13.2 Å². The molecular weight excluding hydrogens is 493 g/mol. The number of rotatable bonds is 8. The number of hydrogen-bond acceptors (Lipinski definition) is 4. The second-order valence-corrected chi connectivity index (χ2v) is 8.15. The second-order valence-electron chi connectivity index (χ2n) is 8.15. The molecule has 0 aliphatic heterocycles. The zero-order valence-electron chi connectivity index (χ0n) is 21.8. The number of halogens is 3. The monoisotopic (exact) mass is 524 g/mol. The maximum atomic E-state index is 12.9. The number of carboxylic acid groups (broad SMARTS) is 1. The number of nitrogens with zero attached hydrogens (tertiary/aromatic N) is 2. The van der Waals surface area contributed by atoms with Crippen LogP contribution in [0.15, 0.2) is 94.9 Å². The Labute approximate surface area is 221 Å². The maximum absolute atomic E-state index is 12.9. The van der Waals surface area contributed by atoms with Gasteiger partial charge in [-0.15, -0.1) is 0 Å². The summed E-state index contributed by atoms with van der Waals surface area (Å²) in [5.74, 6) is -0.217. The van der Waals surface area contributed by atoms with Crippen LogP contribution < -0.4 is 4.74 Å². The summed E-state index contributed by atoms with van der Waals surface area (Å²) in [5.41, 5.74) is 3.62. The highest BCUT2D eigenvalue weighted by Gasteiger charge is 2.30. The number of benzene rings is 3. The number of ether oxygens (including phenoxy) is 1. The summed E-state index contributed by atoms with van der Waals surface area (Å²) < 4.78 is 44.7. The number of para-hydroxylation sites is 1. The van der Waals surface area contributed by atoms with Gasteiger partial charge in [-0.3, -0.25) is 9.98 Å². The topological polar surface area (TPSA) is 71.2 Å². The third kappa shape index (κ3) is 9.35. The molecule has 0 saturated carbocycles. The average Bonchev–Trinajstić information content (AvgIpc) is 2.91. The number of carboxylic acids is 1. The molecule has 0 spiro atoms. The number of allylic oxidation sites excluding steroid dienone is 2. The quantitative estimate of drug-likeness (QED) is 0.313. The van der Waals surface area contributed by atoms with Crippen molar-refractivity contribution in [3.8, 4) is 5.75 Å². The highest BCUT2D eigenvalue weighted by molar-refractivity contribution is 6.34. The van der Waals surface area contributed by atoms with Crippen molar-refractivity contribution in [3.63, 3.8) is 0 Å². The van der Waals surface area contributed by atoms with E-state index in [1.807, 2.05) is 74.5 Å². The second kappa shape index (κ2) is 14.5. The third-order valence-electron chi connectivity index (χ3n) is 5.38. The Morgan fingerprint density at radius 2 is 1.55 bits per heavy atom. The fraction of sp³-hybridized carbons (Fsp3) is 0.233. The van der Waals surface area contributed by atoms with E-state index < -0.39 is 17.7 Å². The Bertz CT molecular complexity index is 1280. The van der Waals surface area contributed by atoms with E-state index in [1.54, 1.807) is 0 Å². The Kier molecular flexibility index (Phi) is 11.5. The zero-order valence-corrected chi connectivity index (χ0v) is 21.8. The van der Waals surface area contributed by atoms with Gasteiger partial charge in [-0.2, -0.15) is 13.2 Å². The molecule has 0 amide bonds. The van der Waals surface area contributed by atoms with E-state index in [-0.39, 0.29) is 5.71 Å². The number of alkyl halides is 3. The Balaban J connectivity index is 0.000000638. The van der Waals surface area contributed by atoms with Crippen molar-refractivity contribution in [2.24, 2.45) is 9.98 Å². The van der Waals surface area contributed by atoms with Gasteiger partial charge in [0.1, 0.15) is 18.1 Å². The molecule has 0 fully saturated rings. The van der Waals surface area contributed by atoms with Crippen molar-refractivity contribution in [1.82, 2.24) is 0 Å². The molecule has 1 N–H and O–H groups in total. The summed E-state index contributed by atoms with van der Waals surface area (Å²) in [6.07, 6.45) is -2.47. The molecule has 38 heavy (non-hydrogen) atoms. The van der Waals surface area contributed by atoms with Crippen LogP contribution in [0, 0.1) is 0 Å². The molecule has 0 unspecified atom stereocenters. The molecule has 0 saturated heterocycles. The van der Waals surface area contributed by atoms with E-state index in [4.69, 9.17) is 9.84 Å². The summed E-state index contributed by atoms with van der Waals surface area (Å²) in [7, 11) is 1.45. The van der Waals surface area contributed by atoms with E-state index in [0.717, 1.165) is 34.6 Å². The largest absolute Gasteiger partial charge is 0.488 e. The average molecular weight is 525 g/mol.